The maximum absolute atomic E-state index is 5.70. The highest BCUT2D eigenvalue weighted by Crippen LogP contribution is 2.32. The van der Waals surface area contributed by atoms with Gasteiger partial charge in [-0.2, -0.15) is 0 Å². The minimum Gasteiger partial charge on any atom is -0.493 e. The van der Waals surface area contributed by atoms with Gasteiger partial charge in [0, 0.05) is 19.1 Å². The summed E-state index contributed by atoms with van der Waals surface area (Å²) in [6, 6.07) is 4.59. The largest absolute Gasteiger partial charge is 0.493 e. The molecule has 0 saturated heterocycles. The summed E-state index contributed by atoms with van der Waals surface area (Å²) in [5.74, 6) is 1.08. The van der Waals surface area contributed by atoms with Crippen molar-refractivity contribution in [3.05, 3.63) is 28.8 Å². The zero-order valence-electron chi connectivity index (χ0n) is 11.6. The Kier molecular flexibility index (Phi) is 5.06. The lowest BCUT2D eigenvalue weighted by Crippen LogP contribution is -1.96. The molecule has 2 rings (SSSR count). The molecule has 100 valence electrons. The Labute approximate surface area is 110 Å². The number of methoxy groups -OCH3 is 1. The molecule has 0 aliphatic carbocycles. The molecule has 1 aromatic rings. The van der Waals surface area contributed by atoms with E-state index in [4.69, 9.17) is 9.47 Å². The number of unbranched alkanes of at least 4 members (excludes halogenated alkanes) is 3. The molecule has 1 heterocycles. The number of aryl methyl sites for hydroxylation is 1. The van der Waals surface area contributed by atoms with Crippen LogP contribution in [0.2, 0.25) is 0 Å². The van der Waals surface area contributed by atoms with Gasteiger partial charge in [0.1, 0.15) is 5.75 Å². The summed E-state index contributed by atoms with van der Waals surface area (Å²) in [7, 11) is 1.75. The SMILES string of the molecule is CCCCCCc1cc2c(c(COC)c1)OCC2. The summed E-state index contributed by atoms with van der Waals surface area (Å²) < 4.78 is 11.0. The summed E-state index contributed by atoms with van der Waals surface area (Å²) in [6.45, 7) is 3.74. The molecule has 1 aromatic carbocycles. The van der Waals surface area contributed by atoms with Crippen LogP contribution in [0.5, 0.6) is 5.75 Å². The van der Waals surface area contributed by atoms with Gasteiger partial charge in [-0.3, -0.25) is 0 Å². The quantitative estimate of drug-likeness (QED) is 0.681. The van der Waals surface area contributed by atoms with Crippen LogP contribution in [0.15, 0.2) is 12.1 Å². The van der Waals surface area contributed by atoms with Gasteiger partial charge in [-0.15, -0.1) is 0 Å². The molecule has 1 aliphatic rings. The van der Waals surface area contributed by atoms with Crippen LogP contribution in [0.25, 0.3) is 0 Å². The van der Waals surface area contributed by atoms with Crippen LogP contribution in [-0.2, 0) is 24.2 Å². The first-order valence-electron chi connectivity index (χ1n) is 7.11. The normalized spacial score (nSPS) is 13.4. The fourth-order valence-electron chi connectivity index (χ4n) is 2.62. The molecule has 0 bridgehead atoms. The molecule has 0 atom stereocenters. The van der Waals surface area contributed by atoms with E-state index in [0.29, 0.717) is 6.61 Å². The van der Waals surface area contributed by atoms with E-state index in [0.717, 1.165) is 18.8 Å². The lowest BCUT2D eigenvalue weighted by Gasteiger charge is -2.10. The molecular formula is C16H24O2. The third-order valence-corrected chi connectivity index (χ3v) is 3.54. The number of rotatable bonds is 7. The summed E-state index contributed by atoms with van der Waals surface area (Å²) in [5.41, 5.74) is 4.04. The van der Waals surface area contributed by atoms with Crippen LogP contribution in [-0.4, -0.2) is 13.7 Å². The van der Waals surface area contributed by atoms with Gasteiger partial charge in [-0.1, -0.05) is 32.3 Å². The molecule has 18 heavy (non-hydrogen) atoms. The summed E-state index contributed by atoms with van der Waals surface area (Å²) in [4.78, 5) is 0. The van der Waals surface area contributed by atoms with Gasteiger partial charge in [0.25, 0.3) is 0 Å². The topological polar surface area (TPSA) is 18.5 Å². The van der Waals surface area contributed by atoms with Crippen molar-refractivity contribution < 1.29 is 9.47 Å². The van der Waals surface area contributed by atoms with Crippen molar-refractivity contribution in [3.8, 4) is 5.75 Å². The number of benzene rings is 1. The predicted octanol–water partition coefficient (Wildman–Crippen LogP) is 3.89. The molecule has 0 N–H and O–H groups in total. The standard InChI is InChI=1S/C16H24O2/c1-3-4-5-6-7-13-10-14-8-9-18-16(14)15(11-13)12-17-2/h10-11H,3-9,12H2,1-2H3. The van der Waals surface area contributed by atoms with E-state index in [2.05, 4.69) is 19.1 Å². The first-order chi connectivity index (χ1) is 8.85. The van der Waals surface area contributed by atoms with Crippen molar-refractivity contribution in [2.45, 2.75) is 52.1 Å². The molecule has 0 aromatic heterocycles. The van der Waals surface area contributed by atoms with Crippen molar-refractivity contribution in [2.24, 2.45) is 0 Å². The molecular weight excluding hydrogens is 224 g/mol. The van der Waals surface area contributed by atoms with Crippen LogP contribution in [0.3, 0.4) is 0 Å². The number of hydrogen-bond acceptors (Lipinski definition) is 2. The van der Waals surface area contributed by atoms with Crippen molar-refractivity contribution in [1.29, 1.82) is 0 Å². The van der Waals surface area contributed by atoms with Crippen LogP contribution in [0, 0.1) is 0 Å². The highest BCUT2D eigenvalue weighted by molar-refractivity contribution is 5.46. The maximum Gasteiger partial charge on any atom is 0.128 e. The van der Waals surface area contributed by atoms with Crippen LogP contribution in [0.4, 0.5) is 0 Å². The third kappa shape index (κ3) is 3.26. The summed E-state index contributed by atoms with van der Waals surface area (Å²) >= 11 is 0. The molecule has 0 amide bonds. The average molecular weight is 248 g/mol. The number of hydrogen-bond donors (Lipinski definition) is 0. The Morgan fingerprint density at radius 1 is 1.22 bits per heavy atom. The fourth-order valence-corrected chi connectivity index (χ4v) is 2.62. The van der Waals surface area contributed by atoms with E-state index < -0.39 is 0 Å². The van der Waals surface area contributed by atoms with Gasteiger partial charge in [0.05, 0.1) is 13.2 Å². The van der Waals surface area contributed by atoms with Gasteiger partial charge in [-0.05, 0) is 30.0 Å². The van der Waals surface area contributed by atoms with Crippen LogP contribution < -0.4 is 4.74 Å². The van der Waals surface area contributed by atoms with Gasteiger partial charge in [0.15, 0.2) is 0 Å². The van der Waals surface area contributed by atoms with Gasteiger partial charge in [-0.25, -0.2) is 0 Å². The second kappa shape index (κ2) is 6.79. The molecule has 0 unspecified atom stereocenters. The zero-order chi connectivity index (χ0) is 12.8. The van der Waals surface area contributed by atoms with Crippen LogP contribution >= 0.6 is 0 Å². The molecule has 0 fully saturated rings. The lowest BCUT2D eigenvalue weighted by molar-refractivity contribution is 0.181. The zero-order valence-corrected chi connectivity index (χ0v) is 11.6. The van der Waals surface area contributed by atoms with E-state index in [1.165, 1.54) is 48.8 Å². The second-order valence-corrected chi connectivity index (χ2v) is 5.09. The minimum absolute atomic E-state index is 0.658. The van der Waals surface area contributed by atoms with Crippen molar-refractivity contribution in [1.82, 2.24) is 0 Å². The maximum atomic E-state index is 5.70. The second-order valence-electron chi connectivity index (χ2n) is 5.09. The lowest BCUT2D eigenvalue weighted by atomic mass is 9.99. The summed E-state index contributed by atoms with van der Waals surface area (Å²) in [5, 5.41) is 0. The first kappa shape index (κ1) is 13.4. The highest BCUT2D eigenvalue weighted by Gasteiger charge is 2.17. The molecule has 1 aliphatic heterocycles. The predicted molar refractivity (Wildman–Crippen MR) is 74.2 cm³/mol. The summed E-state index contributed by atoms with van der Waals surface area (Å²) in [6.07, 6.45) is 7.51. The Morgan fingerprint density at radius 2 is 2.11 bits per heavy atom. The van der Waals surface area contributed by atoms with Crippen molar-refractivity contribution >= 4 is 0 Å². The van der Waals surface area contributed by atoms with Gasteiger partial charge < -0.3 is 9.47 Å². The van der Waals surface area contributed by atoms with Crippen molar-refractivity contribution in [3.63, 3.8) is 0 Å². The van der Waals surface area contributed by atoms with E-state index in [1.807, 2.05) is 0 Å². The Balaban J connectivity index is 2.04. The molecule has 0 saturated carbocycles. The van der Waals surface area contributed by atoms with E-state index in [9.17, 15) is 0 Å². The molecule has 2 nitrogen and oxygen atoms in total. The molecule has 2 heteroatoms. The van der Waals surface area contributed by atoms with E-state index >= 15 is 0 Å². The minimum atomic E-state index is 0.658. The Bertz CT molecular complexity index is 385. The highest BCUT2D eigenvalue weighted by atomic mass is 16.5. The number of fused-ring (bicyclic) bond motifs is 1. The third-order valence-electron chi connectivity index (χ3n) is 3.54. The smallest absolute Gasteiger partial charge is 0.128 e. The van der Waals surface area contributed by atoms with Gasteiger partial charge >= 0.3 is 0 Å². The molecule has 0 spiro atoms. The monoisotopic (exact) mass is 248 g/mol. The Hall–Kier alpha value is -1.02. The number of ether oxygens (including phenoxy) is 2. The fraction of sp³-hybridized carbons (Fsp3) is 0.625. The van der Waals surface area contributed by atoms with E-state index in [1.54, 1.807) is 7.11 Å². The van der Waals surface area contributed by atoms with Gasteiger partial charge in [0.2, 0.25) is 0 Å². The average Bonchev–Trinajstić information content (AvgIpc) is 2.83. The molecule has 0 radical (unpaired) electrons. The van der Waals surface area contributed by atoms with Crippen molar-refractivity contribution in [2.75, 3.05) is 13.7 Å². The Morgan fingerprint density at radius 3 is 2.89 bits per heavy atom. The first-order valence-corrected chi connectivity index (χ1v) is 7.11. The van der Waals surface area contributed by atoms with Crippen LogP contribution in [0.1, 0.15) is 49.3 Å². The van der Waals surface area contributed by atoms with E-state index in [-0.39, 0.29) is 0 Å².